The van der Waals surface area contributed by atoms with Crippen molar-refractivity contribution in [2.45, 2.75) is 56.0 Å². The lowest BCUT2D eigenvalue weighted by molar-refractivity contribution is -0.128. The quantitative estimate of drug-likeness (QED) is 0.891. The highest BCUT2D eigenvalue weighted by Gasteiger charge is 2.45. The van der Waals surface area contributed by atoms with E-state index in [1.807, 2.05) is 17.5 Å². The maximum absolute atomic E-state index is 13.1. The zero-order valence-corrected chi connectivity index (χ0v) is 14.5. The van der Waals surface area contributed by atoms with Gasteiger partial charge in [0.25, 0.3) is 0 Å². The van der Waals surface area contributed by atoms with Crippen molar-refractivity contribution in [2.75, 3.05) is 6.54 Å². The van der Waals surface area contributed by atoms with Crippen molar-refractivity contribution in [1.82, 2.24) is 5.32 Å². The number of carbonyl (C=O) groups is 1. The fourth-order valence-corrected chi connectivity index (χ4v) is 5.30. The summed E-state index contributed by atoms with van der Waals surface area (Å²) in [4.78, 5) is 14.2. The van der Waals surface area contributed by atoms with Crippen molar-refractivity contribution in [3.8, 4) is 0 Å². The molecule has 128 valence electrons. The van der Waals surface area contributed by atoms with E-state index in [1.165, 1.54) is 0 Å². The summed E-state index contributed by atoms with van der Waals surface area (Å²) in [6.45, 7) is 0.255. The van der Waals surface area contributed by atoms with E-state index in [-0.39, 0.29) is 12.5 Å². The monoisotopic (exact) mass is 345 g/mol. The van der Waals surface area contributed by atoms with Crippen molar-refractivity contribution >= 4 is 17.2 Å². The Balaban J connectivity index is 1.53. The third-order valence-electron chi connectivity index (χ3n) is 5.67. The topological polar surface area (TPSA) is 62.5 Å². The van der Waals surface area contributed by atoms with Crippen LogP contribution in [-0.2, 0) is 22.2 Å². The predicted octanol–water partition coefficient (Wildman–Crippen LogP) is 3.49. The minimum absolute atomic E-state index is 0.0616. The number of hydrogen-bond acceptors (Lipinski definition) is 4. The summed E-state index contributed by atoms with van der Waals surface area (Å²) >= 11 is 1.66. The lowest BCUT2D eigenvalue weighted by Crippen LogP contribution is -2.48. The molecule has 1 unspecified atom stereocenters. The molecule has 2 aromatic rings. The number of rotatable bonds is 4. The SMILES string of the molecule is O=C(NCC1(O)CCCc2occc21)C1(c2cccs2)CCCC1. The molecule has 1 saturated carbocycles. The van der Waals surface area contributed by atoms with Crippen LogP contribution in [0.5, 0.6) is 0 Å². The van der Waals surface area contributed by atoms with E-state index in [0.717, 1.165) is 54.7 Å². The molecule has 0 aliphatic heterocycles. The van der Waals surface area contributed by atoms with Gasteiger partial charge in [0, 0.05) is 16.9 Å². The van der Waals surface area contributed by atoms with Crippen LogP contribution in [0.1, 0.15) is 54.7 Å². The minimum atomic E-state index is -1.01. The molecule has 1 amide bonds. The van der Waals surface area contributed by atoms with Crippen molar-refractivity contribution in [2.24, 2.45) is 0 Å². The molecule has 0 radical (unpaired) electrons. The molecule has 4 nitrogen and oxygen atoms in total. The fraction of sp³-hybridized carbons (Fsp3) is 0.526. The molecule has 1 atom stereocenters. The summed E-state index contributed by atoms with van der Waals surface area (Å²) < 4.78 is 5.47. The highest BCUT2D eigenvalue weighted by Crippen LogP contribution is 2.43. The Morgan fingerprint density at radius 1 is 1.25 bits per heavy atom. The number of nitrogens with one attached hydrogen (secondary N) is 1. The van der Waals surface area contributed by atoms with E-state index < -0.39 is 11.0 Å². The van der Waals surface area contributed by atoms with Crippen LogP contribution in [0.15, 0.2) is 34.3 Å². The van der Waals surface area contributed by atoms with Gasteiger partial charge in [-0.05, 0) is 43.2 Å². The average Bonchev–Trinajstić information content (AvgIpc) is 3.33. The Morgan fingerprint density at radius 3 is 2.83 bits per heavy atom. The minimum Gasteiger partial charge on any atom is -0.469 e. The number of hydrogen-bond donors (Lipinski definition) is 2. The van der Waals surface area contributed by atoms with E-state index in [4.69, 9.17) is 4.42 Å². The van der Waals surface area contributed by atoms with E-state index in [0.29, 0.717) is 6.42 Å². The van der Waals surface area contributed by atoms with Gasteiger partial charge in [-0.2, -0.15) is 0 Å². The van der Waals surface area contributed by atoms with Crippen LogP contribution in [-0.4, -0.2) is 17.6 Å². The second-order valence-corrected chi connectivity index (χ2v) is 8.04. The summed E-state index contributed by atoms with van der Waals surface area (Å²) in [5.41, 5.74) is -0.574. The molecule has 5 heteroatoms. The second kappa shape index (κ2) is 6.05. The Hall–Kier alpha value is -1.59. The van der Waals surface area contributed by atoms with E-state index in [1.54, 1.807) is 17.6 Å². The smallest absolute Gasteiger partial charge is 0.231 e. The maximum atomic E-state index is 13.1. The lowest BCUT2D eigenvalue weighted by atomic mass is 9.81. The summed E-state index contributed by atoms with van der Waals surface area (Å²) in [7, 11) is 0. The third kappa shape index (κ3) is 2.50. The predicted molar refractivity (Wildman–Crippen MR) is 93.0 cm³/mol. The van der Waals surface area contributed by atoms with Crippen molar-refractivity contribution in [3.05, 3.63) is 46.0 Å². The third-order valence-corrected chi connectivity index (χ3v) is 6.74. The van der Waals surface area contributed by atoms with Gasteiger partial charge in [-0.1, -0.05) is 18.9 Å². The number of amides is 1. The highest BCUT2D eigenvalue weighted by molar-refractivity contribution is 7.10. The molecule has 4 rings (SSSR count). The molecule has 2 aliphatic carbocycles. The first kappa shape index (κ1) is 15.9. The van der Waals surface area contributed by atoms with Crippen LogP contribution in [0.3, 0.4) is 0 Å². The Bertz CT molecular complexity index is 715. The summed E-state index contributed by atoms with van der Waals surface area (Å²) in [6, 6.07) is 5.92. The van der Waals surface area contributed by atoms with Crippen LogP contribution in [0.25, 0.3) is 0 Å². The zero-order chi connectivity index (χ0) is 16.6. The van der Waals surface area contributed by atoms with E-state index in [2.05, 4.69) is 11.4 Å². The molecule has 0 spiro atoms. The van der Waals surface area contributed by atoms with Crippen LogP contribution in [0.2, 0.25) is 0 Å². The molecular weight excluding hydrogens is 322 g/mol. The average molecular weight is 345 g/mol. The molecular formula is C19H23NO3S. The molecule has 2 aliphatic rings. The first-order valence-electron chi connectivity index (χ1n) is 8.76. The van der Waals surface area contributed by atoms with Gasteiger partial charge in [-0.15, -0.1) is 11.3 Å². The molecule has 24 heavy (non-hydrogen) atoms. The molecule has 0 bridgehead atoms. The van der Waals surface area contributed by atoms with Crippen LogP contribution >= 0.6 is 11.3 Å². The van der Waals surface area contributed by atoms with Crippen molar-refractivity contribution in [3.63, 3.8) is 0 Å². The fourth-order valence-electron chi connectivity index (χ4n) is 4.32. The van der Waals surface area contributed by atoms with Crippen molar-refractivity contribution < 1.29 is 14.3 Å². The summed E-state index contributed by atoms with van der Waals surface area (Å²) in [5.74, 6) is 0.915. The van der Waals surface area contributed by atoms with Gasteiger partial charge < -0.3 is 14.8 Å². The van der Waals surface area contributed by atoms with Gasteiger partial charge in [-0.25, -0.2) is 0 Å². The lowest BCUT2D eigenvalue weighted by Gasteiger charge is -2.34. The van der Waals surface area contributed by atoms with Crippen LogP contribution in [0.4, 0.5) is 0 Å². The van der Waals surface area contributed by atoms with Gasteiger partial charge >= 0.3 is 0 Å². The Labute approximate surface area is 145 Å². The first-order chi connectivity index (χ1) is 11.6. The molecule has 1 fully saturated rings. The molecule has 0 saturated heterocycles. The Morgan fingerprint density at radius 2 is 2.08 bits per heavy atom. The molecule has 0 aromatic carbocycles. The molecule has 2 N–H and O–H groups in total. The number of furan rings is 1. The van der Waals surface area contributed by atoms with Crippen LogP contribution < -0.4 is 5.32 Å². The number of thiophene rings is 1. The van der Waals surface area contributed by atoms with Gasteiger partial charge in [0.2, 0.25) is 5.91 Å². The number of aryl methyl sites for hydroxylation is 1. The summed E-state index contributed by atoms with van der Waals surface area (Å²) in [5, 5.41) is 16.2. The second-order valence-electron chi connectivity index (χ2n) is 7.09. The highest BCUT2D eigenvalue weighted by atomic mass is 32.1. The van der Waals surface area contributed by atoms with Gasteiger partial charge in [0.15, 0.2) is 0 Å². The summed E-state index contributed by atoms with van der Waals surface area (Å²) in [6.07, 6.45) is 7.99. The zero-order valence-electron chi connectivity index (χ0n) is 13.7. The standard InChI is InChI=1S/C19H23NO3S/c21-17(18(8-1-2-9-18)16-6-4-12-24-16)20-13-19(22)10-3-5-15-14(19)7-11-23-15/h4,6-7,11-12,22H,1-3,5,8-10,13H2,(H,20,21). The molecule has 2 heterocycles. The molecule has 2 aromatic heterocycles. The Kier molecular flexibility index (Phi) is 4.01. The largest absolute Gasteiger partial charge is 0.469 e. The van der Waals surface area contributed by atoms with E-state index >= 15 is 0 Å². The van der Waals surface area contributed by atoms with E-state index in [9.17, 15) is 9.90 Å². The van der Waals surface area contributed by atoms with Gasteiger partial charge in [0.1, 0.15) is 11.4 Å². The first-order valence-corrected chi connectivity index (χ1v) is 9.64. The van der Waals surface area contributed by atoms with Crippen molar-refractivity contribution in [1.29, 1.82) is 0 Å². The normalized spacial score (nSPS) is 25.4. The number of fused-ring (bicyclic) bond motifs is 1. The maximum Gasteiger partial charge on any atom is 0.231 e. The van der Waals surface area contributed by atoms with Gasteiger partial charge in [0.05, 0.1) is 18.2 Å². The number of carbonyl (C=O) groups excluding carboxylic acids is 1. The van der Waals surface area contributed by atoms with Gasteiger partial charge in [-0.3, -0.25) is 4.79 Å². The van der Waals surface area contributed by atoms with Crippen LogP contribution in [0, 0.1) is 0 Å². The number of aliphatic hydroxyl groups is 1.